The number of fused-ring (bicyclic) bond motifs is 2. The molecule has 38 heavy (non-hydrogen) atoms. The van der Waals surface area contributed by atoms with Gasteiger partial charge in [-0.2, -0.15) is 5.10 Å². The topological polar surface area (TPSA) is 121 Å². The monoisotopic (exact) mass is 501 g/mol. The Balaban J connectivity index is 1.45. The van der Waals surface area contributed by atoms with E-state index in [-0.39, 0.29) is 17.3 Å². The fourth-order valence-electron chi connectivity index (χ4n) is 4.44. The van der Waals surface area contributed by atoms with Crippen molar-refractivity contribution in [1.29, 1.82) is 0 Å². The highest BCUT2D eigenvalue weighted by Gasteiger charge is 2.25. The average Bonchev–Trinajstić information content (AvgIpc) is 3.62. The number of carbonyl (C=O) groups excluding carboxylic acids is 1. The van der Waals surface area contributed by atoms with Crippen LogP contribution in [0.5, 0.6) is 0 Å². The number of anilines is 1. The van der Waals surface area contributed by atoms with Crippen molar-refractivity contribution in [3.63, 3.8) is 0 Å². The van der Waals surface area contributed by atoms with Crippen molar-refractivity contribution in [2.45, 2.75) is 13.0 Å². The summed E-state index contributed by atoms with van der Waals surface area (Å²) in [6.45, 7) is 1.88. The Kier molecular flexibility index (Phi) is 5.58. The van der Waals surface area contributed by atoms with Gasteiger partial charge in [-0.15, -0.1) is 5.10 Å². The lowest BCUT2D eigenvalue weighted by Crippen LogP contribution is -2.29. The van der Waals surface area contributed by atoms with Gasteiger partial charge >= 0.3 is 0 Å². The molecule has 2 aromatic carbocycles. The highest BCUT2D eigenvalue weighted by molar-refractivity contribution is 6.04. The number of amides is 1. The first kappa shape index (κ1) is 23.0. The molecule has 1 atom stereocenters. The van der Waals surface area contributed by atoms with Gasteiger partial charge in [0.15, 0.2) is 11.5 Å². The van der Waals surface area contributed by atoms with Crippen LogP contribution in [0.15, 0.2) is 79.3 Å². The SMILES string of the molecule is CC(NC(=O)c1c(N)nn2cccnc12)c1nc2cccc(C#Cc3ccn(C)n3)c2n1-c1ccccc1. The zero-order valence-electron chi connectivity index (χ0n) is 20.7. The van der Waals surface area contributed by atoms with Gasteiger partial charge in [-0.3, -0.25) is 14.0 Å². The van der Waals surface area contributed by atoms with Crippen molar-refractivity contribution in [3.05, 3.63) is 102 Å². The second-order valence-corrected chi connectivity index (χ2v) is 8.78. The number of aromatic nitrogens is 7. The van der Waals surface area contributed by atoms with Gasteiger partial charge in [-0.05, 0) is 49.2 Å². The number of nitrogens with zero attached hydrogens (tertiary/aromatic N) is 7. The van der Waals surface area contributed by atoms with Crippen molar-refractivity contribution < 1.29 is 4.79 Å². The Morgan fingerprint density at radius 3 is 2.63 bits per heavy atom. The molecule has 0 saturated carbocycles. The first-order valence-electron chi connectivity index (χ1n) is 12.0. The van der Waals surface area contributed by atoms with E-state index in [0.717, 1.165) is 22.3 Å². The van der Waals surface area contributed by atoms with Gasteiger partial charge in [0.1, 0.15) is 17.1 Å². The molecule has 0 saturated heterocycles. The van der Waals surface area contributed by atoms with Gasteiger partial charge < -0.3 is 11.1 Å². The summed E-state index contributed by atoms with van der Waals surface area (Å²) in [7, 11) is 1.86. The van der Waals surface area contributed by atoms with Crippen LogP contribution < -0.4 is 11.1 Å². The molecule has 3 N–H and O–H groups in total. The molecule has 0 aliphatic rings. The lowest BCUT2D eigenvalue weighted by molar-refractivity contribution is 0.0940. The predicted molar refractivity (Wildman–Crippen MR) is 144 cm³/mol. The average molecular weight is 502 g/mol. The molecule has 6 aromatic rings. The summed E-state index contributed by atoms with van der Waals surface area (Å²) in [6, 6.07) is 18.8. The summed E-state index contributed by atoms with van der Waals surface area (Å²) in [5.74, 6) is 6.78. The van der Waals surface area contributed by atoms with E-state index in [1.807, 2.05) is 79.3 Å². The second kappa shape index (κ2) is 9.22. The Morgan fingerprint density at radius 2 is 1.84 bits per heavy atom. The molecule has 10 nitrogen and oxygen atoms in total. The van der Waals surface area contributed by atoms with Crippen LogP contribution in [-0.2, 0) is 7.05 Å². The van der Waals surface area contributed by atoms with E-state index >= 15 is 0 Å². The standard InChI is InChI=1S/C28H23N9O/c1-18(31-28(38)23-25(29)34-36-16-7-15-30-27(23)36)26-32-22-11-6-8-19(12-13-20-14-17-35(2)33-20)24(22)37(26)21-9-4-3-5-10-21/h3-11,14-18H,1-2H3,(H2,29,34)(H,31,38). The summed E-state index contributed by atoms with van der Waals surface area (Å²) in [5, 5.41) is 11.6. The maximum atomic E-state index is 13.4. The number of hydrogen-bond donors (Lipinski definition) is 2. The summed E-state index contributed by atoms with van der Waals surface area (Å²) in [6.07, 6.45) is 5.15. The van der Waals surface area contributed by atoms with Gasteiger partial charge in [-0.25, -0.2) is 14.5 Å². The van der Waals surface area contributed by atoms with Gasteiger partial charge in [0.2, 0.25) is 0 Å². The molecule has 0 spiro atoms. The van der Waals surface area contributed by atoms with E-state index < -0.39 is 6.04 Å². The third kappa shape index (κ3) is 4.02. The van der Waals surface area contributed by atoms with E-state index in [1.54, 1.807) is 23.1 Å². The van der Waals surface area contributed by atoms with Gasteiger partial charge in [0, 0.05) is 31.3 Å². The molecule has 6 rings (SSSR count). The third-order valence-corrected chi connectivity index (χ3v) is 6.14. The second-order valence-electron chi connectivity index (χ2n) is 8.78. The third-order valence-electron chi connectivity index (χ3n) is 6.14. The van der Waals surface area contributed by atoms with Crippen molar-refractivity contribution in [2.75, 3.05) is 5.73 Å². The quantitative estimate of drug-likeness (QED) is 0.358. The number of nitrogens with one attached hydrogen (secondary N) is 1. The molecule has 0 fully saturated rings. The largest absolute Gasteiger partial charge is 0.381 e. The Labute approximate surface area is 217 Å². The molecule has 10 heteroatoms. The number of aryl methyl sites for hydroxylation is 1. The number of rotatable bonds is 4. The minimum atomic E-state index is -0.482. The Hall–Kier alpha value is -5.43. The van der Waals surface area contributed by atoms with Gasteiger partial charge in [-0.1, -0.05) is 30.2 Å². The summed E-state index contributed by atoms with van der Waals surface area (Å²) in [5.41, 5.74) is 10.7. The number of benzene rings is 2. The van der Waals surface area contributed by atoms with E-state index in [0.29, 0.717) is 17.2 Å². The Morgan fingerprint density at radius 1 is 1.00 bits per heavy atom. The molecule has 1 amide bonds. The number of nitrogen functional groups attached to an aromatic ring is 1. The molecule has 4 aromatic heterocycles. The molecule has 0 bridgehead atoms. The van der Waals surface area contributed by atoms with Crippen molar-refractivity contribution >= 4 is 28.4 Å². The first-order valence-corrected chi connectivity index (χ1v) is 12.0. The molecule has 186 valence electrons. The van der Waals surface area contributed by atoms with E-state index in [4.69, 9.17) is 10.7 Å². The van der Waals surface area contributed by atoms with Crippen LogP contribution in [0.2, 0.25) is 0 Å². The van der Waals surface area contributed by atoms with Crippen LogP contribution in [0.1, 0.15) is 40.4 Å². The van der Waals surface area contributed by atoms with E-state index in [9.17, 15) is 4.79 Å². The molecular weight excluding hydrogens is 478 g/mol. The minimum Gasteiger partial charge on any atom is -0.381 e. The lowest BCUT2D eigenvalue weighted by Gasteiger charge is -2.16. The summed E-state index contributed by atoms with van der Waals surface area (Å²) >= 11 is 0. The maximum absolute atomic E-state index is 13.4. The highest BCUT2D eigenvalue weighted by Crippen LogP contribution is 2.28. The summed E-state index contributed by atoms with van der Waals surface area (Å²) in [4.78, 5) is 22.6. The number of hydrogen-bond acceptors (Lipinski definition) is 6. The zero-order valence-corrected chi connectivity index (χ0v) is 20.7. The minimum absolute atomic E-state index is 0.108. The van der Waals surface area contributed by atoms with Crippen LogP contribution in [0.3, 0.4) is 0 Å². The number of imidazole rings is 1. The normalized spacial score (nSPS) is 11.8. The molecule has 0 aliphatic carbocycles. The fraction of sp³-hybridized carbons (Fsp3) is 0.107. The molecule has 1 unspecified atom stereocenters. The van der Waals surface area contributed by atoms with Crippen molar-refractivity contribution in [3.8, 4) is 17.5 Å². The smallest absolute Gasteiger partial charge is 0.259 e. The molecular formula is C28H23N9O. The van der Waals surface area contributed by atoms with Crippen LogP contribution in [0.25, 0.3) is 22.4 Å². The molecule has 0 aliphatic heterocycles. The lowest BCUT2D eigenvalue weighted by atomic mass is 10.1. The van der Waals surface area contributed by atoms with Gasteiger partial charge in [0.25, 0.3) is 5.91 Å². The number of para-hydroxylation sites is 2. The van der Waals surface area contributed by atoms with Gasteiger partial charge in [0.05, 0.1) is 22.6 Å². The predicted octanol–water partition coefficient (Wildman–Crippen LogP) is 3.27. The Bertz CT molecular complexity index is 1870. The number of nitrogens with two attached hydrogens (primary N) is 1. The van der Waals surface area contributed by atoms with Crippen molar-refractivity contribution in [1.82, 2.24) is 39.2 Å². The maximum Gasteiger partial charge on any atom is 0.259 e. The van der Waals surface area contributed by atoms with Crippen LogP contribution in [-0.4, -0.2) is 39.8 Å². The highest BCUT2D eigenvalue weighted by atomic mass is 16.1. The van der Waals surface area contributed by atoms with Crippen LogP contribution in [0, 0.1) is 11.8 Å². The number of carbonyl (C=O) groups is 1. The van der Waals surface area contributed by atoms with Crippen molar-refractivity contribution in [2.24, 2.45) is 7.05 Å². The fourth-order valence-corrected chi connectivity index (χ4v) is 4.44. The van der Waals surface area contributed by atoms with Crippen LogP contribution in [0.4, 0.5) is 5.82 Å². The molecule has 4 heterocycles. The molecule has 0 radical (unpaired) electrons. The van der Waals surface area contributed by atoms with E-state index in [2.05, 4.69) is 32.3 Å². The zero-order chi connectivity index (χ0) is 26.2. The first-order chi connectivity index (χ1) is 18.5. The van der Waals surface area contributed by atoms with E-state index in [1.165, 1.54) is 4.52 Å². The summed E-state index contributed by atoms with van der Waals surface area (Å²) < 4.78 is 5.23. The van der Waals surface area contributed by atoms with Crippen LogP contribution >= 0.6 is 0 Å².